The number of oxime groups is 1. The number of aromatic nitrogens is 1. The first-order valence-electron chi connectivity index (χ1n) is 5.72. The van der Waals surface area contributed by atoms with Crippen molar-refractivity contribution in [1.82, 2.24) is 4.98 Å². The first-order valence-corrected chi connectivity index (χ1v) is 7.31. The van der Waals surface area contributed by atoms with Crippen molar-refractivity contribution in [2.24, 2.45) is 10.9 Å². The molecular formula is C13H12Br2N4O. The molecule has 2 aromatic rings. The summed E-state index contributed by atoms with van der Waals surface area (Å²) in [7, 11) is 0. The van der Waals surface area contributed by atoms with E-state index in [-0.39, 0.29) is 5.84 Å². The maximum atomic E-state index is 8.76. The Kier molecular flexibility index (Phi) is 4.97. The monoisotopic (exact) mass is 398 g/mol. The zero-order valence-electron chi connectivity index (χ0n) is 10.3. The summed E-state index contributed by atoms with van der Waals surface area (Å²) >= 11 is 6.89. The predicted molar refractivity (Wildman–Crippen MR) is 85.9 cm³/mol. The molecule has 104 valence electrons. The second kappa shape index (κ2) is 6.71. The quantitative estimate of drug-likeness (QED) is 0.318. The average Bonchev–Trinajstić information content (AvgIpc) is 2.46. The topological polar surface area (TPSA) is 83.5 Å². The van der Waals surface area contributed by atoms with Crippen molar-refractivity contribution >= 4 is 43.4 Å². The molecule has 0 radical (unpaired) electrons. The summed E-state index contributed by atoms with van der Waals surface area (Å²) in [4.78, 5) is 4.12. The number of nitrogens with zero attached hydrogens (tertiary/aromatic N) is 2. The average molecular weight is 400 g/mol. The molecule has 2 rings (SSSR count). The molecule has 7 heteroatoms. The van der Waals surface area contributed by atoms with Crippen LogP contribution in [0, 0.1) is 0 Å². The van der Waals surface area contributed by atoms with Crippen LogP contribution in [-0.4, -0.2) is 16.0 Å². The fraction of sp³-hybridized carbons (Fsp3) is 0.0769. The highest BCUT2D eigenvalue weighted by atomic mass is 79.9. The Morgan fingerprint density at radius 3 is 2.85 bits per heavy atom. The standard InChI is InChI=1S/C13H12Br2N4O/c14-9-3-4-11(10(15)6-9)18-7-8-2-1-5-17-12(8)13(16)19-20/h1-6,18,20H,7H2,(H2,16,19). The molecule has 0 unspecified atom stereocenters. The van der Waals surface area contributed by atoms with E-state index < -0.39 is 0 Å². The summed E-state index contributed by atoms with van der Waals surface area (Å²) < 4.78 is 1.94. The molecule has 0 saturated heterocycles. The Balaban J connectivity index is 2.19. The van der Waals surface area contributed by atoms with Crippen LogP contribution >= 0.6 is 31.9 Å². The minimum Gasteiger partial charge on any atom is -0.409 e. The Hall–Kier alpha value is -1.60. The van der Waals surface area contributed by atoms with Gasteiger partial charge in [0, 0.05) is 32.9 Å². The minimum atomic E-state index is -0.00253. The number of nitrogens with one attached hydrogen (secondary N) is 1. The van der Waals surface area contributed by atoms with Gasteiger partial charge in [-0.25, -0.2) is 0 Å². The molecule has 20 heavy (non-hydrogen) atoms. The summed E-state index contributed by atoms with van der Waals surface area (Å²) in [5, 5.41) is 15.0. The highest BCUT2D eigenvalue weighted by Crippen LogP contribution is 2.26. The number of hydrogen-bond acceptors (Lipinski definition) is 4. The van der Waals surface area contributed by atoms with E-state index in [9.17, 15) is 0 Å². The molecular weight excluding hydrogens is 388 g/mol. The third-order valence-electron chi connectivity index (χ3n) is 2.64. The highest BCUT2D eigenvalue weighted by Gasteiger charge is 2.08. The van der Waals surface area contributed by atoms with Crippen LogP contribution in [0.3, 0.4) is 0 Å². The fourth-order valence-electron chi connectivity index (χ4n) is 1.68. The Morgan fingerprint density at radius 2 is 2.15 bits per heavy atom. The van der Waals surface area contributed by atoms with Gasteiger partial charge in [0.05, 0.1) is 0 Å². The normalized spacial score (nSPS) is 11.4. The van der Waals surface area contributed by atoms with Gasteiger partial charge in [-0.2, -0.15) is 0 Å². The molecule has 0 spiro atoms. The van der Waals surface area contributed by atoms with Crippen LogP contribution in [0.4, 0.5) is 5.69 Å². The molecule has 0 saturated carbocycles. The lowest BCUT2D eigenvalue weighted by Crippen LogP contribution is -2.18. The molecule has 0 bridgehead atoms. The molecule has 0 fully saturated rings. The van der Waals surface area contributed by atoms with Crippen LogP contribution in [0.1, 0.15) is 11.3 Å². The van der Waals surface area contributed by atoms with E-state index in [2.05, 4.69) is 47.3 Å². The van der Waals surface area contributed by atoms with E-state index in [1.165, 1.54) is 0 Å². The van der Waals surface area contributed by atoms with E-state index in [0.29, 0.717) is 12.2 Å². The van der Waals surface area contributed by atoms with Crippen LogP contribution in [0.5, 0.6) is 0 Å². The number of halogens is 2. The van der Waals surface area contributed by atoms with Gasteiger partial charge in [0.1, 0.15) is 5.69 Å². The summed E-state index contributed by atoms with van der Waals surface area (Å²) in [5.74, 6) is -0.00253. The van der Waals surface area contributed by atoms with E-state index in [0.717, 1.165) is 20.2 Å². The van der Waals surface area contributed by atoms with Crippen molar-refractivity contribution in [1.29, 1.82) is 0 Å². The highest BCUT2D eigenvalue weighted by molar-refractivity contribution is 9.11. The predicted octanol–water partition coefficient (Wildman–Crippen LogP) is 3.31. The van der Waals surface area contributed by atoms with Gasteiger partial charge >= 0.3 is 0 Å². The molecule has 4 N–H and O–H groups in total. The zero-order chi connectivity index (χ0) is 14.5. The Morgan fingerprint density at radius 1 is 1.35 bits per heavy atom. The third kappa shape index (κ3) is 3.49. The summed E-state index contributed by atoms with van der Waals surface area (Å²) in [6, 6.07) is 9.53. The van der Waals surface area contributed by atoms with Crippen LogP contribution in [0.25, 0.3) is 0 Å². The second-order valence-corrected chi connectivity index (χ2v) is 5.74. The molecule has 1 aromatic heterocycles. The maximum absolute atomic E-state index is 8.76. The number of anilines is 1. The third-order valence-corrected chi connectivity index (χ3v) is 3.79. The number of benzene rings is 1. The van der Waals surface area contributed by atoms with Crippen molar-refractivity contribution in [3.8, 4) is 0 Å². The van der Waals surface area contributed by atoms with Crippen molar-refractivity contribution in [2.75, 3.05) is 5.32 Å². The maximum Gasteiger partial charge on any atom is 0.189 e. The van der Waals surface area contributed by atoms with Gasteiger partial charge in [-0.05, 0) is 40.2 Å². The molecule has 5 nitrogen and oxygen atoms in total. The number of rotatable bonds is 4. The Bertz CT molecular complexity index is 646. The lowest BCUT2D eigenvalue weighted by Gasteiger charge is -2.11. The molecule has 1 aromatic carbocycles. The van der Waals surface area contributed by atoms with E-state index in [4.69, 9.17) is 10.9 Å². The lowest BCUT2D eigenvalue weighted by atomic mass is 10.1. The lowest BCUT2D eigenvalue weighted by molar-refractivity contribution is 0.318. The molecule has 1 heterocycles. The first-order chi connectivity index (χ1) is 9.61. The van der Waals surface area contributed by atoms with Crippen molar-refractivity contribution in [2.45, 2.75) is 6.54 Å². The van der Waals surface area contributed by atoms with Gasteiger partial charge in [-0.3, -0.25) is 4.98 Å². The minimum absolute atomic E-state index is 0.00253. The van der Waals surface area contributed by atoms with Crippen LogP contribution in [0.15, 0.2) is 50.6 Å². The van der Waals surface area contributed by atoms with Gasteiger partial charge in [0.15, 0.2) is 5.84 Å². The van der Waals surface area contributed by atoms with Crippen LogP contribution in [0.2, 0.25) is 0 Å². The van der Waals surface area contributed by atoms with Gasteiger partial charge in [0.25, 0.3) is 0 Å². The van der Waals surface area contributed by atoms with Crippen LogP contribution in [-0.2, 0) is 6.54 Å². The summed E-state index contributed by atoms with van der Waals surface area (Å²) in [6.45, 7) is 0.514. The molecule has 0 atom stereocenters. The fourth-order valence-corrected chi connectivity index (χ4v) is 2.87. The van der Waals surface area contributed by atoms with Gasteiger partial charge < -0.3 is 16.3 Å². The largest absolute Gasteiger partial charge is 0.409 e. The summed E-state index contributed by atoms with van der Waals surface area (Å²) in [6.07, 6.45) is 1.60. The Labute approximate surface area is 133 Å². The number of hydrogen-bond donors (Lipinski definition) is 3. The molecule has 0 aliphatic carbocycles. The van der Waals surface area contributed by atoms with Gasteiger partial charge in [0.2, 0.25) is 0 Å². The van der Waals surface area contributed by atoms with Crippen molar-refractivity contribution in [3.05, 3.63) is 56.7 Å². The SMILES string of the molecule is NC(=NO)c1ncccc1CNc1ccc(Br)cc1Br. The molecule has 0 amide bonds. The van der Waals surface area contributed by atoms with Crippen molar-refractivity contribution < 1.29 is 5.21 Å². The van der Waals surface area contributed by atoms with E-state index in [1.54, 1.807) is 6.20 Å². The first kappa shape index (κ1) is 14.8. The van der Waals surface area contributed by atoms with E-state index >= 15 is 0 Å². The number of pyridine rings is 1. The number of amidine groups is 1. The van der Waals surface area contributed by atoms with Gasteiger partial charge in [-0.15, -0.1) is 0 Å². The van der Waals surface area contributed by atoms with Crippen LogP contribution < -0.4 is 11.1 Å². The van der Waals surface area contributed by atoms with Crippen molar-refractivity contribution in [3.63, 3.8) is 0 Å². The van der Waals surface area contributed by atoms with Gasteiger partial charge in [-0.1, -0.05) is 27.2 Å². The van der Waals surface area contributed by atoms with E-state index in [1.807, 2.05) is 30.3 Å². The second-order valence-electron chi connectivity index (χ2n) is 3.97. The summed E-state index contributed by atoms with van der Waals surface area (Å²) in [5.41, 5.74) is 7.87. The zero-order valence-corrected chi connectivity index (χ0v) is 13.5. The number of nitrogens with two attached hydrogens (primary N) is 1. The molecule has 0 aliphatic heterocycles. The smallest absolute Gasteiger partial charge is 0.189 e. The molecule has 0 aliphatic rings.